The van der Waals surface area contributed by atoms with Crippen LogP contribution in [0.3, 0.4) is 0 Å². The first-order valence-electron chi connectivity index (χ1n) is 18.6. The Hall–Kier alpha value is -6.94. The minimum atomic E-state index is 0.724. The summed E-state index contributed by atoms with van der Waals surface area (Å²) in [6, 6.07) is 73.6. The van der Waals surface area contributed by atoms with Crippen molar-refractivity contribution in [2.75, 3.05) is 0 Å². The zero-order valence-corrected chi connectivity index (χ0v) is 30.7. The molecular weight excluding hydrogens is 685 g/mol. The largest absolute Gasteiger partial charge is 0.227 e. The summed E-state index contributed by atoms with van der Waals surface area (Å²) in [5.41, 5.74) is 14.7. The molecule has 2 heterocycles. The minimum absolute atomic E-state index is 0.724. The van der Waals surface area contributed by atoms with Crippen LogP contribution in [0.5, 0.6) is 0 Å². The van der Waals surface area contributed by atoms with Gasteiger partial charge in [-0.3, -0.25) is 0 Å². The first-order chi connectivity index (χ1) is 27.2. The van der Waals surface area contributed by atoms with Crippen molar-refractivity contribution in [3.8, 4) is 78.3 Å². The van der Waals surface area contributed by atoms with E-state index in [0.29, 0.717) is 0 Å². The van der Waals surface area contributed by atoms with Gasteiger partial charge in [-0.25, -0.2) is 9.97 Å². The average molecular weight is 719 g/mol. The fourth-order valence-corrected chi connectivity index (χ4v) is 8.62. The second kappa shape index (κ2) is 14.1. The maximum Gasteiger partial charge on any atom is 0.161 e. The normalized spacial score (nSPS) is 11.3. The summed E-state index contributed by atoms with van der Waals surface area (Å²) in [6.07, 6.45) is 0. The molecule has 0 aliphatic heterocycles. The van der Waals surface area contributed by atoms with Gasteiger partial charge in [0.25, 0.3) is 0 Å². The standard InChI is InChI=1S/C52H34N2S/c1-4-15-35(16-5-1)38-21-12-23-40(29-38)44-32-45(41-24-13-22-39(30-41)36-17-6-2-7-18-36)34-46(33-44)42-25-14-26-43(31-42)51-53-50(37-19-8-3-9-20-37)49-47-27-10-11-28-48(47)55-52(49)54-51/h1-34H. The lowest BCUT2D eigenvalue weighted by Gasteiger charge is -2.14. The molecular formula is C52H34N2S. The highest BCUT2D eigenvalue weighted by atomic mass is 32.1. The Morgan fingerprint density at radius 2 is 0.673 bits per heavy atom. The van der Waals surface area contributed by atoms with Gasteiger partial charge in [0.2, 0.25) is 0 Å². The molecule has 0 saturated carbocycles. The number of hydrogen-bond donors (Lipinski definition) is 0. The summed E-state index contributed by atoms with van der Waals surface area (Å²) in [5.74, 6) is 0.724. The topological polar surface area (TPSA) is 25.8 Å². The van der Waals surface area contributed by atoms with Crippen LogP contribution in [-0.2, 0) is 0 Å². The van der Waals surface area contributed by atoms with Crippen LogP contribution in [0.25, 0.3) is 98.6 Å². The fraction of sp³-hybridized carbons (Fsp3) is 0. The molecule has 0 fully saturated rings. The van der Waals surface area contributed by atoms with Gasteiger partial charge in [0.05, 0.1) is 5.69 Å². The zero-order valence-electron chi connectivity index (χ0n) is 29.9. The maximum atomic E-state index is 5.30. The van der Waals surface area contributed by atoms with Gasteiger partial charge in [0, 0.05) is 26.6 Å². The summed E-state index contributed by atoms with van der Waals surface area (Å²) < 4.78 is 1.21. The van der Waals surface area contributed by atoms with E-state index in [4.69, 9.17) is 9.97 Å². The number of benzene rings is 8. The number of nitrogens with zero attached hydrogens (tertiary/aromatic N) is 2. The van der Waals surface area contributed by atoms with Gasteiger partial charge in [0.15, 0.2) is 5.82 Å². The lowest BCUT2D eigenvalue weighted by Crippen LogP contribution is -1.94. The molecule has 0 saturated heterocycles. The molecule has 2 nitrogen and oxygen atoms in total. The van der Waals surface area contributed by atoms with Crippen LogP contribution < -0.4 is 0 Å². The Bertz CT molecular complexity index is 2870. The molecule has 3 heteroatoms. The summed E-state index contributed by atoms with van der Waals surface area (Å²) in [4.78, 5) is 11.5. The smallest absolute Gasteiger partial charge is 0.161 e. The molecule has 258 valence electrons. The number of thiophene rings is 1. The van der Waals surface area contributed by atoms with Gasteiger partial charge in [-0.2, -0.15) is 0 Å². The first-order valence-corrected chi connectivity index (χ1v) is 19.4. The van der Waals surface area contributed by atoms with Crippen molar-refractivity contribution < 1.29 is 0 Å². The number of fused-ring (bicyclic) bond motifs is 3. The Morgan fingerprint density at radius 1 is 0.291 bits per heavy atom. The minimum Gasteiger partial charge on any atom is -0.227 e. The predicted octanol–water partition coefficient (Wildman–Crippen LogP) is 14.5. The van der Waals surface area contributed by atoms with Gasteiger partial charge in [-0.05, 0) is 98.1 Å². The Kier molecular flexibility index (Phi) is 8.40. The Labute approximate surface area is 324 Å². The molecule has 0 bridgehead atoms. The molecule has 55 heavy (non-hydrogen) atoms. The van der Waals surface area contributed by atoms with Gasteiger partial charge < -0.3 is 0 Å². The zero-order chi connectivity index (χ0) is 36.6. The van der Waals surface area contributed by atoms with E-state index in [-0.39, 0.29) is 0 Å². The van der Waals surface area contributed by atoms with Crippen molar-refractivity contribution in [3.63, 3.8) is 0 Å². The highest BCUT2D eigenvalue weighted by Crippen LogP contribution is 2.41. The predicted molar refractivity (Wildman–Crippen MR) is 233 cm³/mol. The third-order valence-corrected chi connectivity index (χ3v) is 11.3. The first kappa shape index (κ1) is 32.7. The molecule has 2 aromatic heterocycles. The molecule has 0 N–H and O–H groups in total. The lowest BCUT2D eigenvalue weighted by molar-refractivity contribution is 1.24. The van der Waals surface area contributed by atoms with Gasteiger partial charge in [-0.1, -0.05) is 164 Å². The monoisotopic (exact) mass is 718 g/mol. The number of hydrogen-bond acceptors (Lipinski definition) is 3. The molecule has 10 aromatic rings. The lowest BCUT2D eigenvalue weighted by atomic mass is 9.91. The van der Waals surface area contributed by atoms with E-state index < -0.39 is 0 Å². The molecule has 8 aromatic carbocycles. The van der Waals surface area contributed by atoms with E-state index in [1.165, 1.54) is 43.5 Å². The van der Waals surface area contributed by atoms with E-state index in [1.54, 1.807) is 11.3 Å². The van der Waals surface area contributed by atoms with E-state index in [1.807, 2.05) is 0 Å². The molecule has 0 atom stereocenters. The van der Waals surface area contributed by atoms with Crippen molar-refractivity contribution in [2.45, 2.75) is 0 Å². The van der Waals surface area contributed by atoms with Crippen LogP contribution in [0, 0.1) is 0 Å². The summed E-state index contributed by atoms with van der Waals surface area (Å²) in [7, 11) is 0. The highest BCUT2D eigenvalue weighted by Gasteiger charge is 2.17. The fourth-order valence-electron chi connectivity index (χ4n) is 7.54. The molecule has 0 aliphatic carbocycles. The second-order valence-electron chi connectivity index (χ2n) is 13.8. The van der Waals surface area contributed by atoms with Crippen molar-refractivity contribution in [3.05, 3.63) is 206 Å². The summed E-state index contributed by atoms with van der Waals surface area (Å²) in [6.45, 7) is 0. The van der Waals surface area contributed by atoms with Gasteiger partial charge in [0.1, 0.15) is 4.83 Å². The Morgan fingerprint density at radius 3 is 1.20 bits per heavy atom. The van der Waals surface area contributed by atoms with E-state index in [9.17, 15) is 0 Å². The third-order valence-electron chi connectivity index (χ3n) is 10.3. The summed E-state index contributed by atoms with van der Waals surface area (Å²) in [5, 5.41) is 2.30. The molecule has 10 rings (SSSR count). The van der Waals surface area contributed by atoms with Crippen molar-refractivity contribution in [2.24, 2.45) is 0 Å². The number of rotatable bonds is 7. The van der Waals surface area contributed by atoms with E-state index >= 15 is 0 Å². The third kappa shape index (κ3) is 6.41. The molecule has 0 amide bonds. The molecule has 0 unspecified atom stereocenters. The van der Waals surface area contributed by atoms with Crippen molar-refractivity contribution >= 4 is 31.6 Å². The quantitative estimate of drug-likeness (QED) is 0.164. The van der Waals surface area contributed by atoms with Crippen molar-refractivity contribution in [1.29, 1.82) is 0 Å². The summed E-state index contributed by atoms with van der Waals surface area (Å²) >= 11 is 1.73. The van der Waals surface area contributed by atoms with E-state index in [2.05, 4.69) is 206 Å². The van der Waals surface area contributed by atoms with Crippen LogP contribution >= 0.6 is 11.3 Å². The van der Waals surface area contributed by atoms with E-state index in [0.717, 1.165) is 55.1 Å². The second-order valence-corrected chi connectivity index (χ2v) is 14.8. The van der Waals surface area contributed by atoms with Crippen LogP contribution in [-0.4, -0.2) is 9.97 Å². The molecule has 0 aliphatic rings. The maximum absolute atomic E-state index is 5.30. The van der Waals surface area contributed by atoms with Crippen LogP contribution in [0.15, 0.2) is 206 Å². The highest BCUT2D eigenvalue weighted by molar-refractivity contribution is 7.25. The van der Waals surface area contributed by atoms with Crippen molar-refractivity contribution in [1.82, 2.24) is 9.97 Å². The number of aromatic nitrogens is 2. The van der Waals surface area contributed by atoms with Crippen LogP contribution in [0.4, 0.5) is 0 Å². The molecule has 0 spiro atoms. The average Bonchev–Trinajstić information content (AvgIpc) is 3.66. The van der Waals surface area contributed by atoms with Crippen LogP contribution in [0.1, 0.15) is 0 Å². The SMILES string of the molecule is c1ccc(-c2cccc(-c3cc(-c4cccc(-c5ccccc5)c4)cc(-c4cccc(-c5nc(-c6ccccc6)c6c(n5)sc5ccccc56)c4)c3)c2)cc1. The van der Waals surface area contributed by atoms with Gasteiger partial charge >= 0.3 is 0 Å². The van der Waals surface area contributed by atoms with Gasteiger partial charge in [-0.15, -0.1) is 11.3 Å². The molecule has 0 radical (unpaired) electrons. The van der Waals surface area contributed by atoms with Crippen LogP contribution in [0.2, 0.25) is 0 Å². The Balaban J connectivity index is 1.13.